The van der Waals surface area contributed by atoms with Crippen LogP contribution in [0.2, 0.25) is 0 Å². The van der Waals surface area contributed by atoms with E-state index in [1.165, 1.54) is 37.3 Å². The van der Waals surface area contributed by atoms with Crippen molar-refractivity contribution < 1.29 is 44.9 Å². The smallest absolute Gasteiger partial charge is 0.335 e. The van der Waals surface area contributed by atoms with Crippen LogP contribution in [0.15, 0.2) is 24.3 Å². The maximum absolute atomic E-state index is 11.2. The lowest BCUT2D eigenvalue weighted by molar-refractivity contribution is -0.297. The highest BCUT2D eigenvalue weighted by molar-refractivity contribution is 5.91. The van der Waals surface area contributed by atoms with Crippen molar-refractivity contribution >= 4 is 17.8 Å². The topological polar surface area (TPSA) is 154 Å². The molecule has 9 heteroatoms. The Hall–Kier alpha value is -2.46. The molecule has 1 aliphatic carbocycles. The fourth-order valence-electron chi connectivity index (χ4n) is 2.55. The standard InChI is InChI=1S/C17H20O9/c1-9(18)2-3-10-4-5-11(19)13(6-10)25-26-14-8-17(24,16(22)23)7-12(20)15(14)21/h2-6,12,14-15,19-21,24H,7-8H2,1H3,(H,22,23)/t12-,14+,15-,17+/m0/s1. The van der Waals surface area contributed by atoms with Crippen LogP contribution < -0.4 is 4.89 Å². The van der Waals surface area contributed by atoms with Crippen LogP contribution in [-0.2, 0) is 14.5 Å². The first kappa shape index (κ1) is 19.9. The van der Waals surface area contributed by atoms with Crippen LogP contribution in [0.1, 0.15) is 25.3 Å². The first-order valence-corrected chi connectivity index (χ1v) is 7.79. The van der Waals surface area contributed by atoms with Crippen LogP contribution in [-0.4, -0.2) is 61.2 Å². The number of carbonyl (C=O) groups is 2. The number of aliphatic carboxylic acids is 1. The number of hydrogen-bond acceptors (Lipinski definition) is 8. The molecule has 9 nitrogen and oxygen atoms in total. The highest BCUT2D eigenvalue weighted by atomic mass is 17.2. The molecule has 2 rings (SSSR count). The van der Waals surface area contributed by atoms with Crippen LogP contribution in [0.4, 0.5) is 0 Å². The monoisotopic (exact) mass is 368 g/mol. The van der Waals surface area contributed by atoms with Crippen molar-refractivity contribution in [2.24, 2.45) is 0 Å². The molecule has 1 saturated carbocycles. The van der Waals surface area contributed by atoms with E-state index in [-0.39, 0.29) is 17.3 Å². The van der Waals surface area contributed by atoms with Crippen molar-refractivity contribution in [3.05, 3.63) is 29.8 Å². The van der Waals surface area contributed by atoms with E-state index in [0.717, 1.165) is 0 Å². The Bertz CT molecular complexity index is 714. The number of allylic oxidation sites excluding steroid dienone is 1. The third-order valence-electron chi connectivity index (χ3n) is 4.01. The first-order valence-electron chi connectivity index (χ1n) is 7.79. The van der Waals surface area contributed by atoms with Crippen molar-refractivity contribution in [2.75, 3.05) is 0 Å². The summed E-state index contributed by atoms with van der Waals surface area (Å²) in [4.78, 5) is 32.1. The van der Waals surface area contributed by atoms with Gasteiger partial charge in [-0.2, -0.15) is 4.89 Å². The van der Waals surface area contributed by atoms with Gasteiger partial charge >= 0.3 is 5.97 Å². The predicted molar refractivity (Wildman–Crippen MR) is 87.2 cm³/mol. The fraction of sp³-hybridized carbons (Fsp3) is 0.412. The van der Waals surface area contributed by atoms with Gasteiger partial charge in [0.25, 0.3) is 0 Å². The van der Waals surface area contributed by atoms with Gasteiger partial charge in [-0.05, 0) is 30.7 Å². The number of aliphatic hydroxyl groups excluding tert-OH is 2. The second kappa shape index (κ2) is 7.83. The third-order valence-corrected chi connectivity index (χ3v) is 4.01. The number of carboxylic acid groups (broad SMARTS) is 1. The largest absolute Gasteiger partial charge is 0.504 e. The van der Waals surface area contributed by atoms with E-state index in [4.69, 9.17) is 14.9 Å². The number of benzene rings is 1. The van der Waals surface area contributed by atoms with E-state index in [0.29, 0.717) is 5.56 Å². The first-order chi connectivity index (χ1) is 12.1. The maximum Gasteiger partial charge on any atom is 0.335 e. The van der Waals surface area contributed by atoms with Gasteiger partial charge in [0, 0.05) is 12.8 Å². The average Bonchev–Trinajstić information content (AvgIpc) is 2.56. The summed E-state index contributed by atoms with van der Waals surface area (Å²) in [5.74, 6) is -2.19. The van der Waals surface area contributed by atoms with Crippen molar-refractivity contribution in [2.45, 2.75) is 43.7 Å². The van der Waals surface area contributed by atoms with E-state index in [1.54, 1.807) is 0 Å². The maximum atomic E-state index is 11.2. The number of phenolic OH excluding ortho intramolecular Hbond substituents is 1. The summed E-state index contributed by atoms with van der Waals surface area (Å²) in [5, 5.41) is 48.6. The molecule has 0 bridgehead atoms. The van der Waals surface area contributed by atoms with Gasteiger partial charge in [-0.3, -0.25) is 4.79 Å². The number of aromatic hydroxyl groups is 1. The van der Waals surface area contributed by atoms with Crippen LogP contribution in [0, 0.1) is 0 Å². The summed E-state index contributed by atoms with van der Waals surface area (Å²) < 4.78 is 0. The lowest BCUT2D eigenvalue weighted by atomic mass is 9.80. The zero-order chi connectivity index (χ0) is 19.5. The SMILES string of the molecule is CC(=O)C=Cc1ccc(O)c(OO[C@@H]2C[C@@](O)(C(=O)O)C[C@H](O)[C@@H]2O)c1. The molecule has 1 fully saturated rings. The molecule has 1 aromatic carbocycles. The second-order valence-corrected chi connectivity index (χ2v) is 6.19. The molecular formula is C17H20O9. The number of carboxylic acids is 1. The van der Waals surface area contributed by atoms with Crippen LogP contribution in [0.5, 0.6) is 11.5 Å². The van der Waals surface area contributed by atoms with Gasteiger partial charge in [-0.1, -0.05) is 12.1 Å². The molecule has 0 aliphatic heterocycles. The number of carbonyl (C=O) groups excluding carboxylic acids is 1. The van der Waals surface area contributed by atoms with Crippen molar-refractivity contribution in [1.82, 2.24) is 0 Å². The third kappa shape index (κ3) is 4.58. The Morgan fingerprint density at radius 1 is 1.27 bits per heavy atom. The minimum Gasteiger partial charge on any atom is -0.504 e. The Balaban J connectivity index is 2.12. The molecule has 1 aliphatic rings. The molecule has 0 heterocycles. The molecule has 5 N–H and O–H groups in total. The fourth-order valence-corrected chi connectivity index (χ4v) is 2.55. The molecule has 1 aromatic rings. The Morgan fingerprint density at radius 3 is 2.58 bits per heavy atom. The van der Waals surface area contributed by atoms with Gasteiger partial charge in [-0.15, -0.1) is 0 Å². The minimum absolute atomic E-state index is 0.151. The van der Waals surface area contributed by atoms with Crippen LogP contribution >= 0.6 is 0 Å². The summed E-state index contributed by atoms with van der Waals surface area (Å²) in [7, 11) is 0. The molecule has 26 heavy (non-hydrogen) atoms. The van der Waals surface area contributed by atoms with Gasteiger partial charge < -0.3 is 30.4 Å². The Morgan fingerprint density at radius 2 is 1.96 bits per heavy atom. The normalized spacial score (nSPS) is 28.8. The Kier molecular flexibility index (Phi) is 5.98. The summed E-state index contributed by atoms with van der Waals surface area (Å²) in [6.45, 7) is 1.37. The molecule has 0 aromatic heterocycles. The molecule has 0 spiro atoms. The Labute approximate surface area is 148 Å². The summed E-state index contributed by atoms with van der Waals surface area (Å²) >= 11 is 0. The zero-order valence-electron chi connectivity index (χ0n) is 13.9. The van der Waals surface area contributed by atoms with Gasteiger partial charge in [0.2, 0.25) is 5.75 Å². The minimum atomic E-state index is -2.28. The predicted octanol–water partition coefficient (Wildman–Crippen LogP) is 0.00470. The zero-order valence-corrected chi connectivity index (χ0v) is 13.9. The van der Waals surface area contributed by atoms with Crippen LogP contribution in [0.25, 0.3) is 6.08 Å². The lowest BCUT2D eigenvalue weighted by Crippen LogP contribution is -2.57. The number of phenols is 1. The molecule has 4 atom stereocenters. The number of rotatable bonds is 6. The highest BCUT2D eigenvalue weighted by Crippen LogP contribution is 2.33. The molecule has 0 unspecified atom stereocenters. The summed E-state index contributed by atoms with van der Waals surface area (Å²) in [5.41, 5.74) is -1.76. The molecular weight excluding hydrogens is 348 g/mol. The van der Waals surface area contributed by atoms with E-state index >= 15 is 0 Å². The van der Waals surface area contributed by atoms with Gasteiger partial charge in [0.15, 0.2) is 17.1 Å². The quantitative estimate of drug-likeness (QED) is 0.265. The van der Waals surface area contributed by atoms with Crippen molar-refractivity contribution in [3.63, 3.8) is 0 Å². The van der Waals surface area contributed by atoms with E-state index < -0.39 is 42.7 Å². The molecule has 0 saturated heterocycles. The summed E-state index contributed by atoms with van der Waals surface area (Å²) in [6, 6.07) is 4.16. The van der Waals surface area contributed by atoms with E-state index in [1.807, 2.05) is 0 Å². The van der Waals surface area contributed by atoms with Crippen molar-refractivity contribution in [3.8, 4) is 11.5 Å². The van der Waals surface area contributed by atoms with Crippen molar-refractivity contribution in [1.29, 1.82) is 0 Å². The number of ketones is 1. The van der Waals surface area contributed by atoms with E-state index in [9.17, 15) is 30.0 Å². The molecule has 0 radical (unpaired) electrons. The molecule has 0 amide bonds. The molecule has 142 valence electrons. The number of aliphatic hydroxyl groups is 3. The summed E-state index contributed by atoms with van der Waals surface area (Å²) in [6.07, 6.45) is -2.65. The van der Waals surface area contributed by atoms with Crippen LogP contribution in [0.3, 0.4) is 0 Å². The van der Waals surface area contributed by atoms with Gasteiger partial charge in [0.1, 0.15) is 12.2 Å². The van der Waals surface area contributed by atoms with Gasteiger partial charge in [-0.25, -0.2) is 4.79 Å². The van der Waals surface area contributed by atoms with E-state index in [2.05, 4.69) is 0 Å². The lowest BCUT2D eigenvalue weighted by Gasteiger charge is -2.38. The van der Waals surface area contributed by atoms with Gasteiger partial charge in [0.05, 0.1) is 6.10 Å². The number of hydrogen-bond donors (Lipinski definition) is 5. The second-order valence-electron chi connectivity index (χ2n) is 6.19. The average molecular weight is 368 g/mol. The highest BCUT2D eigenvalue weighted by Gasteiger charge is 2.50.